The zero-order valence-corrected chi connectivity index (χ0v) is 12.1. The topological polar surface area (TPSA) is 67.1 Å². The molecule has 0 aliphatic heterocycles. The largest absolute Gasteiger partial charge is 0.389 e. The van der Waals surface area contributed by atoms with E-state index in [1.165, 1.54) is 6.92 Å². The number of anilines is 1. The summed E-state index contributed by atoms with van der Waals surface area (Å²) in [5.41, 5.74) is 7.52. The van der Waals surface area contributed by atoms with Gasteiger partial charge in [-0.1, -0.05) is 18.3 Å². The van der Waals surface area contributed by atoms with Crippen molar-refractivity contribution in [1.82, 2.24) is 5.32 Å². The smallest absolute Gasteiger partial charge is 0.216 e. The fourth-order valence-electron chi connectivity index (χ4n) is 1.54. The zero-order chi connectivity index (χ0) is 13.5. The van der Waals surface area contributed by atoms with E-state index in [0.717, 1.165) is 16.1 Å². The summed E-state index contributed by atoms with van der Waals surface area (Å²) in [6.45, 7) is 2.69. The van der Waals surface area contributed by atoms with Gasteiger partial charge >= 0.3 is 0 Å². The Morgan fingerprint density at radius 1 is 1.44 bits per heavy atom. The van der Waals surface area contributed by atoms with Gasteiger partial charge in [0.15, 0.2) is 0 Å². The first-order valence-corrected chi connectivity index (χ1v) is 7.14. The SMILES string of the molecule is CSc1cccc(NCCNC(C)=O)c1C(N)=S. The molecule has 1 aromatic carbocycles. The van der Waals surface area contributed by atoms with Crippen molar-refractivity contribution in [3.63, 3.8) is 0 Å². The summed E-state index contributed by atoms with van der Waals surface area (Å²) in [6.07, 6.45) is 1.98. The highest BCUT2D eigenvalue weighted by Gasteiger charge is 2.09. The molecular formula is C12H17N3OS2. The molecule has 0 fully saturated rings. The van der Waals surface area contributed by atoms with E-state index in [2.05, 4.69) is 10.6 Å². The first kappa shape index (κ1) is 14.8. The van der Waals surface area contributed by atoms with Crippen molar-refractivity contribution in [2.75, 3.05) is 24.7 Å². The minimum absolute atomic E-state index is 0.0377. The Morgan fingerprint density at radius 2 is 2.17 bits per heavy atom. The van der Waals surface area contributed by atoms with Crippen molar-refractivity contribution in [2.45, 2.75) is 11.8 Å². The Balaban J connectivity index is 2.75. The molecule has 4 N–H and O–H groups in total. The summed E-state index contributed by atoms with van der Waals surface area (Å²) in [7, 11) is 0. The number of hydrogen-bond donors (Lipinski definition) is 3. The van der Waals surface area contributed by atoms with Gasteiger partial charge in [-0.15, -0.1) is 11.8 Å². The number of benzene rings is 1. The molecule has 0 heterocycles. The first-order valence-electron chi connectivity index (χ1n) is 5.51. The van der Waals surface area contributed by atoms with Crippen LogP contribution >= 0.6 is 24.0 Å². The summed E-state index contributed by atoms with van der Waals surface area (Å²) in [6, 6.07) is 5.87. The Morgan fingerprint density at radius 3 is 2.72 bits per heavy atom. The van der Waals surface area contributed by atoms with Gasteiger partial charge in [0.05, 0.1) is 0 Å². The highest BCUT2D eigenvalue weighted by atomic mass is 32.2. The van der Waals surface area contributed by atoms with Gasteiger partial charge in [-0.3, -0.25) is 4.79 Å². The summed E-state index contributed by atoms with van der Waals surface area (Å²) < 4.78 is 0. The van der Waals surface area contributed by atoms with Crippen LogP contribution in [0, 0.1) is 0 Å². The quantitative estimate of drug-likeness (QED) is 0.420. The fraction of sp³-hybridized carbons (Fsp3) is 0.333. The Labute approximate surface area is 117 Å². The van der Waals surface area contributed by atoms with Gasteiger partial charge in [0, 0.05) is 36.2 Å². The van der Waals surface area contributed by atoms with E-state index in [4.69, 9.17) is 18.0 Å². The molecule has 4 nitrogen and oxygen atoms in total. The maximum Gasteiger partial charge on any atom is 0.216 e. The van der Waals surface area contributed by atoms with Gasteiger partial charge in [0.25, 0.3) is 0 Å². The highest BCUT2D eigenvalue weighted by molar-refractivity contribution is 7.98. The van der Waals surface area contributed by atoms with Gasteiger partial charge < -0.3 is 16.4 Å². The van der Waals surface area contributed by atoms with Gasteiger partial charge in [-0.25, -0.2) is 0 Å². The van der Waals surface area contributed by atoms with Crippen molar-refractivity contribution in [3.8, 4) is 0 Å². The maximum atomic E-state index is 10.7. The third-order valence-corrected chi connectivity index (χ3v) is 3.29. The molecule has 0 radical (unpaired) electrons. The Hall–Kier alpha value is -1.27. The lowest BCUT2D eigenvalue weighted by atomic mass is 10.1. The second-order valence-electron chi connectivity index (χ2n) is 3.66. The van der Waals surface area contributed by atoms with E-state index in [1.54, 1.807) is 11.8 Å². The van der Waals surface area contributed by atoms with E-state index in [0.29, 0.717) is 18.1 Å². The van der Waals surface area contributed by atoms with Crippen molar-refractivity contribution < 1.29 is 4.79 Å². The molecular weight excluding hydrogens is 266 g/mol. The van der Waals surface area contributed by atoms with Crippen molar-refractivity contribution in [2.24, 2.45) is 5.73 Å². The second-order valence-corrected chi connectivity index (χ2v) is 4.94. The van der Waals surface area contributed by atoms with Crippen molar-refractivity contribution in [3.05, 3.63) is 23.8 Å². The lowest BCUT2D eigenvalue weighted by Gasteiger charge is -2.14. The lowest BCUT2D eigenvalue weighted by Crippen LogP contribution is -2.27. The monoisotopic (exact) mass is 283 g/mol. The fourth-order valence-corrected chi connectivity index (χ4v) is 2.46. The van der Waals surface area contributed by atoms with Crippen LogP contribution < -0.4 is 16.4 Å². The first-order chi connectivity index (χ1) is 8.56. The van der Waals surface area contributed by atoms with Gasteiger partial charge in [-0.2, -0.15) is 0 Å². The highest BCUT2D eigenvalue weighted by Crippen LogP contribution is 2.26. The number of thioether (sulfide) groups is 1. The van der Waals surface area contributed by atoms with Gasteiger partial charge in [0.2, 0.25) is 5.91 Å². The Bertz CT molecular complexity index is 449. The number of rotatable bonds is 6. The molecule has 0 bridgehead atoms. The number of amides is 1. The van der Waals surface area contributed by atoms with Gasteiger partial charge in [-0.05, 0) is 18.4 Å². The zero-order valence-electron chi connectivity index (χ0n) is 10.4. The van der Waals surface area contributed by atoms with Crippen LogP contribution in [-0.4, -0.2) is 30.2 Å². The molecule has 1 rings (SSSR count). The molecule has 0 saturated carbocycles. The van der Waals surface area contributed by atoms with Crippen LogP contribution in [0.25, 0.3) is 0 Å². The third-order valence-electron chi connectivity index (χ3n) is 2.31. The maximum absolute atomic E-state index is 10.7. The molecule has 1 aromatic rings. The number of nitrogens with two attached hydrogens (primary N) is 1. The minimum atomic E-state index is -0.0377. The van der Waals surface area contributed by atoms with Crippen LogP contribution in [-0.2, 0) is 4.79 Å². The van der Waals surface area contributed by atoms with Crippen LogP contribution in [0.1, 0.15) is 12.5 Å². The average molecular weight is 283 g/mol. The summed E-state index contributed by atoms with van der Waals surface area (Å²) in [4.78, 5) is 12.2. The lowest BCUT2D eigenvalue weighted by molar-refractivity contribution is -0.118. The third kappa shape index (κ3) is 4.19. The molecule has 18 heavy (non-hydrogen) atoms. The van der Waals surface area contributed by atoms with Crippen LogP contribution in [0.15, 0.2) is 23.1 Å². The molecule has 0 atom stereocenters. The molecule has 0 aliphatic carbocycles. The summed E-state index contributed by atoms with van der Waals surface area (Å²) in [5.74, 6) is -0.0377. The van der Waals surface area contributed by atoms with Gasteiger partial charge in [0.1, 0.15) is 4.99 Å². The number of hydrogen-bond acceptors (Lipinski definition) is 4. The molecule has 0 aromatic heterocycles. The molecule has 0 aliphatic rings. The predicted molar refractivity (Wildman–Crippen MR) is 81.3 cm³/mol. The molecule has 0 spiro atoms. The normalized spacial score (nSPS) is 9.89. The molecule has 0 unspecified atom stereocenters. The second kappa shape index (κ2) is 7.23. The van der Waals surface area contributed by atoms with Crippen LogP contribution in [0.2, 0.25) is 0 Å². The molecule has 6 heteroatoms. The van der Waals surface area contributed by atoms with Crippen molar-refractivity contribution >= 4 is 40.6 Å². The Kier molecular flexibility index (Phi) is 5.94. The molecule has 1 amide bonds. The average Bonchev–Trinajstić information content (AvgIpc) is 2.33. The summed E-state index contributed by atoms with van der Waals surface area (Å²) in [5, 5.41) is 5.95. The summed E-state index contributed by atoms with van der Waals surface area (Å²) >= 11 is 6.68. The standard InChI is InChI=1S/C12H17N3OS2/c1-8(16)14-6-7-15-9-4-3-5-10(18-2)11(9)12(13)17/h3-5,15H,6-7H2,1-2H3,(H2,13,17)(H,14,16). The van der Waals surface area contributed by atoms with E-state index in [9.17, 15) is 4.79 Å². The van der Waals surface area contributed by atoms with Crippen LogP contribution in [0.4, 0.5) is 5.69 Å². The van der Waals surface area contributed by atoms with Crippen LogP contribution in [0.5, 0.6) is 0 Å². The number of thiocarbonyl (C=S) groups is 1. The minimum Gasteiger partial charge on any atom is -0.389 e. The molecule has 98 valence electrons. The van der Waals surface area contributed by atoms with E-state index in [-0.39, 0.29) is 5.91 Å². The number of carbonyl (C=O) groups is 1. The van der Waals surface area contributed by atoms with Crippen molar-refractivity contribution in [1.29, 1.82) is 0 Å². The number of nitrogens with one attached hydrogen (secondary N) is 2. The van der Waals surface area contributed by atoms with Crippen LogP contribution in [0.3, 0.4) is 0 Å². The number of carbonyl (C=O) groups excluding carboxylic acids is 1. The predicted octanol–water partition coefficient (Wildman–Crippen LogP) is 1.59. The molecule has 0 saturated heterocycles. The van der Waals surface area contributed by atoms with E-state index >= 15 is 0 Å². The van der Waals surface area contributed by atoms with E-state index in [1.807, 2.05) is 24.5 Å². The van der Waals surface area contributed by atoms with E-state index < -0.39 is 0 Å².